The molecule has 6 nitrogen and oxygen atoms in total. The van der Waals surface area contributed by atoms with Crippen LogP contribution in [0.2, 0.25) is 5.02 Å². The normalized spacial score (nSPS) is 16.9. The zero-order valence-electron chi connectivity index (χ0n) is 14.1. The van der Waals surface area contributed by atoms with Crippen molar-refractivity contribution < 1.29 is 13.9 Å². The number of halogens is 2. The number of anilines is 2. The van der Waals surface area contributed by atoms with Crippen molar-refractivity contribution in [3.63, 3.8) is 0 Å². The molecule has 0 atom stereocenters. The highest BCUT2D eigenvalue weighted by Crippen LogP contribution is 2.34. The van der Waals surface area contributed by atoms with Gasteiger partial charge in [-0.15, -0.1) is 0 Å². The van der Waals surface area contributed by atoms with Crippen LogP contribution in [0.5, 0.6) is 5.75 Å². The highest BCUT2D eigenvalue weighted by molar-refractivity contribution is 6.30. The van der Waals surface area contributed by atoms with Gasteiger partial charge in [0.25, 0.3) is 0 Å². The van der Waals surface area contributed by atoms with Crippen LogP contribution in [0, 0.1) is 5.82 Å². The lowest BCUT2D eigenvalue weighted by molar-refractivity contribution is 0.196. The molecule has 3 heterocycles. The van der Waals surface area contributed by atoms with E-state index in [1.807, 2.05) is 11.0 Å². The van der Waals surface area contributed by atoms with Crippen molar-refractivity contribution in [2.75, 3.05) is 49.1 Å². The Hall–Kier alpha value is -2.54. The average molecular weight is 377 g/mol. The number of amides is 2. The second kappa shape index (κ2) is 6.99. The predicted molar refractivity (Wildman–Crippen MR) is 97.7 cm³/mol. The largest absolute Gasteiger partial charge is 0.489 e. The summed E-state index contributed by atoms with van der Waals surface area (Å²) in [6, 6.07) is 7.97. The van der Waals surface area contributed by atoms with Gasteiger partial charge in [0.15, 0.2) is 0 Å². The molecular formula is C18H18ClFN4O2. The van der Waals surface area contributed by atoms with Gasteiger partial charge in [-0.2, -0.15) is 0 Å². The van der Waals surface area contributed by atoms with Crippen LogP contribution in [-0.2, 0) is 0 Å². The fraction of sp³-hybridized carbons (Fsp3) is 0.333. The molecule has 1 fully saturated rings. The summed E-state index contributed by atoms with van der Waals surface area (Å²) in [6.07, 6.45) is 1.46. The average Bonchev–Trinajstić information content (AvgIpc) is 2.67. The quantitative estimate of drug-likeness (QED) is 0.767. The van der Waals surface area contributed by atoms with Crippen molar-refractivity contribution in [2.45, 2.75) is 0 Å². The van der Waals surface area contributed by atoms with Crippen LogP contribution in [-0.4, -0.2) is 55.2 Å². The molecule has 0 unspecified atom stereocenters. The van der Waals surface area contributed by atoms with Crippen LogP contribution in [0.3, 0.4) is 0 Å². The van der Waals surface area contributed by atoms with Gasteiger partial charge in [-0.05, 0) is 18.2 Å². The Morgan fingerprint density at radius 3 is 2.69 bits per heavy atom. The van der Waals surface area contributed by atoms with Crippen molar-refractivity contribution in [3.05, 3.63) is 47.4 Å². The van der Waals surface area contributed by atoms with Crippen molar-refractivity contribution in [1.29, 1.82) is 0 Å². The standard InChI is InChI=1S/C18H18ClFN4O2/c19-13-1-2-15-16(11-13)26-10-9-24(15)18(25)23-7-5-22(6-8-23)17-12-14(20)3-4-21-17/h1-4,11-12H,5-10H2. The van der Waals surface area contributed by atoms with E-state index in [1.165, 1.54) is 18.3 Å². The summed E-state index contributed by atoms with van der Waals surface area (Å²) in [6.45, 7) is 3.26. The summed E-state index contributed by atoms with van der Waals surface area (Å²) >= 11 is 6.01. The Bertz CT molecular complexity index is 827. The van der Waals surface area contributed by atoms with E-state index >= 15 is 0 Å². The molecule has 2 aromatic rings. The molecule has 0 radical (unpaired) electrons. The minimum Gasteiger partial charge on any atom is -0.489 e. The number of piperazine rings is 1. The third-order valence-electron chi connectivity index (χ3n) is 4.60. The van der Waals surface area contributed by atoms with Gasteiger partial charge in [0.2, 0.25) is 0 Å². The Kier molecular flexibility index (Phi) is 4.55. The van der Waals surface area contributed by atoms with Gasteiger partial charge in [0.1, 0.15) is 24.0 Å². The number of ether oxygens (including phenoxy) is 1. The van der Waals surface area contributed by atoms with Gasteiger partial charge < -0.3 is 14.5 Å². The van der Waals surface area contributed by atoms with E-state index in [2.05, 4.69) is 4.98 Å². The first kappa shape index (κ1) is 16.9. The molecule has 0 aliphatic carbocycles. The molecule has 0 bridgehead atoms. The van der Waals surface area contributed by atoms with Crippen molar-refractivity contribution in [3.8, 4) is 5.75 Å². The van der Waals surface area contributed by atoms with Gasteiger partial charge in [-0.1, -0.05) is 11.6 Å². The second-order valence-electron chi connectivity index (χ2n) is 6.20. The van der Waals surface area contributed by atoms with Crippen LogP contribution in [0.4, 0.5) is 20.7 Å². The number of hydrogen-bond donors (Lipinski definition) is 0. The molecule has 1 aromatic carbocycles. The van der Waals surface area contributed by atoms with Crippen molar-refractivity contribution >= 4 is 29.1 Å². The maximum Gasteiger partial charge on any atom is 0.324 e. The van der Waals surface area contributed by atoms with E-state index in [0.717, 1.165) is 5.69 Å². The molecule has 4 rings (SSSR count). The summed E-state index contributed by atoms with van der Waals surface area (Å²) < 4.78 is 19.0. The Morgan fingerprint density at radius 2 is 1.92 bits per heavy atom. The fourth-order valence-electron chi connectivity index (χ4n) is 3.26. The third kappa shape index (κ3) is 3.26. The second-order valence-corrected chi connectivity index (χ2v) is 6.64. The first-order valence-electron chi connectivity index (χ1n) is 8.47. The fourth-order valence-corrected chi connectivity index (χ4v) is 3.42. The molecule has 2 amide bonds. The summed E-state index contributed by atoms with van der Waals surface area (Å²) in [5.41, 5.74) is 0.736. The highest BCUT2D eigenvalue weighted by atomic mass is 35.5. The SMILES string of the molecule is O=C(N1CCN(c2cc(F)ccn2)CC1)N1CCOc2cc(Cl)ccc21. The lowest BCUT2D eigenvalue weighted by Gasteiger charge is -2.39. The summed E-state index contributed by atoms with van der Waals surface area (Å²) in [7, 11) is 0. The summed E-state index contributed by atoms with van der Waals surface area (Å²) in [4.78, 5) is 22.7. The molecule has 2 aliphatic heterocycles. The first-order valence-corrected chi connectivity index (χ1v) is 8.85. The number of pyridine rings is 1. The maximum atomic E-state index is 13.4. The molecule has 8 heteroatoms. The number of benzene rings is 1. The van der Waals surface area contributed by atoms with E-state index in [-0.39, 0.29) is 11.8 Å². The third-order valence-corrected chi connectivity index (χ3v) is 4.83. The molecule has 0 spiro atoms. The van der Waals surface area contributed by atoms with Gasteiger partial charge in [-0.3, -0.25) is 4.90 Å². The minimum absolute atomic E-state index is 0.0521. The van der Waals surface area contributed by atoms with Crippen LogP contribution >= 0.6 is 11.6 Å². The van der Waals surface area contributed by atoms with E-state index < -0.39 is 0 Å². The highest BCUT2D eigenvalue weighted by Gasteiger charge is 2.30. The smallest absolute Gasteiger partial charge is 0.324 e. The van der Waals surface area contributed by atoms with Crippen molar-refractivity contribution in [2.24, 2.45) is 0 Å². The number of carbonyl (C=O) groups is 1. The van der Waals surface area contributed by atoms with E-state index in [9.17, 15) is 9.18 Å². The lowest BCUT2D eigenvalue weighted by atomic mass is 10.2. The number of carbonyl (C=O) groups excluding carboxylic acids is 1. The molecular weight excluding hydrogens is 359 g/mol. The number of urea groups is 1. The number of hydrogen-bond acceptors (Lipinski definition) is 4. The zero-order chi connectivity index (χ0) is 18.1. The Morgan fingerprint density at radius 1 is 1.12 bits per heavy atom. The predicted octanol–water partition coefficient (Wildman–Crippen LogP) is 3.02. The van der Waals surface area contributed by atoms with Crippen LogP contribution in [0.1, 0.15) is 0 Å². The van der Waals surface area contributed by atoms with Crippen LogP contribution in [0.15, 0.2) is 36.5 Å². The summed E-state index contributed by atoms with van der Waals surface area (Å²) in [5.74, 6) is 0.917. The van der Waals surface area contributed by atoms with Gasteiger partial charge in [0.05, 0.1) is 12.2 Å². The van der Waals surface area contributed by atoms with E-state index in [4.69, 9.17) is 16.3 Å². The number of aromatic nitrogens is 1. The molecule has 1 saturated heterocycles. The summed E-state index contributed by atoms with van der Waals surface area (Å²) in [5, 5.41) is 0.578. The topological polar surface area (TPSA) is 48.9 Å². The van der Waals surface area contributed by atoms with Crippen molar-refractivity contribution in [1.82, 2.24) is 9.88 Å². The molecule has 136 valence electrons. The Labute approximate surface area is 155 Å². The van der Waals surface area contributed by atoms with Crippen LogP contribution in [0.25, 0.3) is 0 Å². The van der Waals surface area contributed by atoms with Gasteiger partial charge in [0, 0.05) is 49.5 Å². The minimum atomic E-state index is -0.308. The molecule has 1 aromatic heterocycles. The maximum absolute atomic E-state index is 13.4. The number of rotatable bonds is 1. The molecule has 26 heavy (non-hydrogen) atoms. The number of nitrogens with zero attached hydrogens (tertiary/aromatic N) is 4. The number of fused-ring (bicyclic) bond motifs is 1. The van der Waals surface area contributed by atoms with Crippen LogP contribution < -0.4 is 14.5 Å². The van der Waals surface area contributed by atoms with Gasteiger partial charge >= 0.3 is 6.03 Å². The van der Waals surface area contributed by atoms with E-state index in [0.29, 0.717) is 55.9 Å². The molecule has 0 N–H and O–H groups in total. The molecule has 2 aliphatic rings. The first-order chi connectivity index (χ1) is 12.6. The molecule has 0 saturated carbocycles. The van der Waals surface area contributed by atoms with E-state index in [1.54, 1.807) is 21.9 Å². The van der Waals surface area contributed by atoms with Gasteiger partial charge in [-0.25, -0.2) is 14.2 Å². The monoisotopic (exact) mass is 376 g/mol. The lowest BCUT2D eigenvalue weighted by Crippen LogP contribution is -2.54. The Balaban J connectivity index is 1.45. The zero-order valence-corrected chi connectivity index (χ0v) is 14.8.